The Kier molecular flexibility index (Phi) is 7.05. The molecule has 1 aliphatic rings. The van der Waals surface area contributed by atoms with Gasteiger partial charge in [-0.25, -0.2) is 0 Å². The minimum absolute atomic E-state index is 0.698. The van der Waals surface area contributed by atoms with Crippen LogP contribution in [0.3, 0.4) is 0 Å². The fraction of sp³-hybridized carbons (Fsp3) is 0.381. The van der Waals surface area contributed by atoms with Crippen LogP contribution in [0.4, 0.5) is 5.69 Å². The Morgan fingerprint density at radius 3 is 2.42 bits per heavy atom. The van der Waals surface area contributed by atoms with Crippen LogP contribution in [0.2, 0.25) is 0 Å². The highest BCUT2D eigenvalue weighted by atomic mass is 16.5. The summed E-state index contributed by atoms with van der Waals surface area (Å²) in [5.74, 6) is 0.873. The fourth-order valence-electron chi connectivity index (χ4n) is 3.02. The van der Waals surface area contributed by atoms with E-state index >= 15 is 0 Å². The molecule has 5 heteroatoms. The SMILES string of the molecule is CCN1CCN(CCOc2ccccc2C=NNc2ccccc2)CC1. The molecule has 0 aromatic heterocycles. The van der Waals surface area contributed by atoms with Crippen molar-refractivity contribution in [3.63, 3.8) is 0 Å². The molecule has 0 radical (unpaired) electrons. The normalized spacial score (nSPS) is 16.0. The van der Waals surface area contributed by atoms with Gasteiger partial charge in [0.2, 0.25) is 0 Å². The molecular formula is C21H28N4O. The van der Waals surface area contributed by atoms with Gasteiger partial charge in [0.25, 0.3) is 0 Å². The second-order valence-corrected chi connectivity index (χ2v) is 6.40. The smallest absolute Gasteiger partial charge is 0.128 e. The van der Waals surface area contributed by atoms with Crippen LogP contribution in [0.5, 0.6) is 5.75 Å². The molecule has 1 aliphatic heterocycles. The maximum Gasteiger partial charge on any atom is 0.128 e. The van der Waals surface area contributed by atoms with Gasteiger partial charge in [0.15, 0.2) is 0 Å². The highest BCUT2D eigenvalue weighted by Gasteiger charge is 2.15. The summed E-state index contributed by atoms with van der Waals surface area (Å²) in [7, 11) is 0. The van der Waals surface area contributed by atoms with Crippen molar-refractivity contribution in [1.29, 1.82) is 0 Å². The minimum Gasteiger partial charge on any atom is -0.492 e. The number of piperazine rings is 1. The molecule has 0 amide bonds. The first-order valence-corrected chi connectivity index (χ1v) is 9.36. The Hall–Kier alpha value is -2.37. The van der Waals surface area contributed by atoms with Crippen molar-refractivity contribution in [3.05, 3.63) is 60.2 Å². The third-order valence-corrected chi connectivity index (χ3v) is 4.67. The number of hydrazone groups is 1. The topological polar surface area (TPSA) is 40.1 Å². The van der Waals surface area contributed by atoms with Crippen molar-refractivity contribution in [1.82, 2.24) is 9.80 Å². The van der Waals surface area contributed by atoms with E-state index in [-0.39, 0.29) is 0 Å². The van der Waals surface area contributed by atoms with Crippen LogP contribution in [0.15, 0.2) is 59.7 Å². The number of para-hydroxylation sites is 2. The third kappa shape index (κ3) is 5.58. The molecule has 1 fully saturated rings. The number of anilines is 1. The van der Waals surface area contributed by atoms with E-state index in [2.05, 4.69) is 27.3 Å². The zero-order valence-electron chi connectivity index (χ0n) is 15.5. The molecule has 1 heterocycles. The minimum atomic E-state index is 0.698. The fourth-order valence-corrected chi connectivity index (χ4v) is 3.02. The van der Waals surface area contributed by atoms with E-state index in [1.807, 2.05) is 60.8 Å². The highest BCUT2D eigenvalue weighted by Crippen LogP contribution is 2.16. The zero-order chi connectivity index (χ0) is 18.0. The van der Waals surface area contributed by atoms with Gasteiger partial charge >= 0.3 is 0 Å². The Labute approximate surface area is 156 Å². The Morgan fingerprint density at radius 1 is 0.962 bits per heavy atom. The highest BCUT2D eigenvalue weighted by molar-refractivity contribution is 5.83. The van der Waals surface area contributed by atoms with E-state index in [0.717, 1.165) is 56.3 Å². The van der Waals surface area contributed by atoms with E-state index in [9.17, 15) is 0 Å². The molecule has 26 heavy (non-hydrogen) atoms. The van der Waals surface area contributed by atoms with Gasteiger partial charge in [-0.3, -0.25) is 10.3 Å². The maximum absolute atomic E-state index is 6.02. The number of hydrogen-bond donors (Lipinski definition) is 1. The predicted molar refractivity (Wildman–Crippen MR) is 108 cm³/mol. The molecule has 2 aromatic carbocycles. The van der Waals surface area contributed by atoms with Crippen LogP contribution < -0.4 is 10.2 Å². The Balaban J connectivity index is 1.48. The molecule has 0 bridgehead atoms. The van der Waals surface area contributed by atoms with E-state index in [1.165, 1.54) is 0 Å². The molecule has 2 aromatic rings. The number of ether oxygens (including phenoxy) is 1. The van der Waals surface area contributed by atoms with Crippen molar-refractivity contribution in [2.24, 2.45) is 5.10 Å². The van der Waals surface area contributed by atoms with Crippen molar-refractivity contribution >= 4 is 11.9 Å². The summed E-state index contributed by atoms with van der Waals surface area (Å²) in [5.41, 5.74) is 4.98. The second kappa shape index (κ2) is 9.94. The Bertz CT molecular complexity index is 681. The van der Waals surface area contributed by atoms with Crippen LogP contribution >= 0.6 is 0 Å². The first-order chi connectivity index (χ1) is 12.8. The first-order valence-electron chi connectivity index (χ1n) is 9.36. The molecule has 1 saturated heterocycles. The number of rotatable bonds is 8. The monoisotopic (exact) mass is 352 g/mol. The molecule has 3 rings (SSSR count). The summed E-state index contributed by atoms with van der Waals surface area (Å²) in [6.45, 7) is 9.60. The van der Waals surface area contributed by atoms with Crippen LogP contribution in [-0.2, 0) is 0 Å². The summed E-state index contributed by atoms with van der Waals surface area (Å²) in [6, 6.07) is 17.9. The third-order valence-electron chi connectivity index (χ3n) is 4.67. The summed E-state index contributed by atoms with van der Waals surface area (Å²) in [4.78, 5) is 4.96. The largest absolute Gasteiger partial charge is 0.492 e. The lowest BCUT2D eigenvalue weighted by molar-refractivity contribution is 0.121. The molecule has 0 spiro atoms. The van der Waals surface area contributed by atoms with Crippen molar-refractivity contribution in [2.45, 2.75) is 6.92 Å². The van der Waals surface area contributed by atoms with Gasteiger partial charge in [0.1, 0.15) is 12.4 Å². The zero-order valence-corrected chi connectivity index (χ0v) is 15.5. The van der Waals surface area contributed by atoms with Crippen molar-refractivity contribution in [2.75, 3.05) is 51.3 Å². The molecule has 5 nitrogen and oxygen atoms in total. The number of nitrogens with one attached hydrogen (secondary N) is 1. The number of hydrogen-bond acceptors (Lipinski definition) is 5. The van der Waals surface area contributed by atoms with E-state index in [1.54, 1.807) is 0 Å². The quantitative estimate of drug-likeness (QED) is 0.585. The average Bonchev–Trinajstić information content (AvgIpc) is 2.70. The van der Waals surface area contributed by atoms with Gasteiger partial charge in [-0.1, -0.05) is 37.3 Å². The van der Waals surface area contributed by atoms with E-state index in [0.29, 0.717) is 6.61 Å². The van der Waals surface area contributed by atoms with Gasteiger partial charge in [0, 0.05) is 38.3 Å². The number of nitrogens with zero attached hydrogens (tertiary/aromatic N) is 3. The van der Waals surface area contributed by atoms with Crippen molar-refractivity contribution in [3.8, 4) is 5.75 Å². The van der Waals surface area contributed by atoms with Crippen LogP contribution in [0, 0.1) is 0 Å². The van der Waals surface area contributed by atoms with Crippen molar-refractivity contribution < 1.29 is 4.74 Å². The molecule has 0 atom stereocenters. The maximum atomic E-state index is 6.02. The standard InChI is InChI=1S/C21H28N4O/c1-2-24-12-14-25(15-13-24)16-17-26-21-11-7-6-8-19(21)18-22-23-20-9-4-3-5-10-20/h3-11,18,23H,2,12-17H2,1H3. The van der Waals surface area contributed by atoms with E-state index < -0.39 is 0 Å². The van der Waals surface area contributed by atoms with Gasteiger partial charge in [-0.15, -0.1) is 0 Å². The molecule has 138 valence electrons. The molecule has 0 saturated carbocycles. The number of likely N-dealkylation sites (N-methyl/N-ethyl adjacent to an activating group) is 1. The lowest BCUT2D eigenvalue weighted by Gasteiger charge is -2.33. The summed E-state index contributed by atoms with van der Waals surface area (Å²) in [6.07, 6.45) is 1.81. The summed E-state index contributed by atoms with van der Waals surface area (Å²) < 4.78 is 6.02. The van der Waals surface area contributed by atoms with Gasteiger partial charge in [0.05, 0.1) is 11.9 Å². The molecule has 1 N–H and O–H groups in total. The molecule has 0 aliphatic carbocycles. The van der Waals surface area contributed by atoms with Gasteiger partial charge in [-0.2, -0.15) is 5.10 Å². The van der Waals surface area contributed by atoms with Crippen LogP contribution in [-0.4, -0.2) is 61.9 Å². The lowest BCUT2D eigenvalue weighted by Crippen LogP contribution is -2.47. The summed E-state index contributed by atoms with van der Waals surface area (Å²) >= 11 is 0. The van der Waals surface area contributed by atoms with Gasteiger partial charge in [-0.05, 0) is 30.8 Å². The number of benzene rings is 2. The van der Waals surface area contributed by atoms with E-state index in [4.69, 9.17) is 4.74 Å². The Morgan fingerprint density at radius 2 is 1.65 bits per heavy atom. The second-order valence-electron chi connectivity index (χ2n) is 6.40. The van der Waals surface area contributed by atoms with Gasteiger partial charge < -0.3 is 9.64 Å². The lowest BCUT2D eigenvalue weighted by atomic mass is 10.2. The molecular weight excluding hydrogens is 324 g/mol. The average molecular weight is 352 g/mol. The van der Waals surface area contributed by atoms with Crippen LogP contribution in [0.25, 0.3) is 0 Å². The predicted octanol–water partition coefficient (Wildman–Crippen LogP) is 3.15. The molecule has 0 unspecified atom stereocenters. The van der Waals surface area contributed by atoms with Crippen LogP contribution in [0.1, 0.15) is 12.5 Å². The summed E-state index contributed by atoms with van der Waals surface area (Å²) in [5, 5.41) is 4.32. The first kappa shape index (κ1) is 18.4.